The largest absolute Gasteiger partial charge is 0.361 e. The number of aromatic amines is 1. The SMILES string of the molecule is O=C(Nc1ccc2[nH]ccc2c1)c1cc(Cl)cc(Br)c1. The van der Waals surface area contributed by atoms with Gasteiger partial charge in [-0.15, -0.1) is 0 Å². The van der Waals surface area contributed by atoms with Crippen LogP contribution in [0.1, 0.15) is 10.4 Å². The van der Waals surface area contributed by atoms with Crippen molar-refractivity contribution in [3.05, 3.63) is 63.7 Å². The number of anilines is 1. The Kier molecular flexibility index (Phi) is 3.51. The number of nitrogens with one attached hydrogen (secondary N) is 2. The van der Waals surface area contributed by atoms with Crippen molar-refractivity contribution in [1.29, 1.82) is 0 Å². The molecule has 0 aliphatic rings. The molecular formula is C15H10BrClN2O. The molecule has 0 fully saturated rings. The zero-order valence-electron chi connectivity index (χ0n) is 10.3. The molecule has 1 aromatic heterocycles. The minimum Gasteiger partial charge on any atom is -0.361 e. The second-order valence-electron chi connectivity index (χ2n) is 4.39. The highest BCUT2D eigenvalue weighted by molar-refractivity contribution is 9.10. The fourth-order valence-electron chi connectivity index (χ4n) is 2.02. The Bertz CT molecular complexity index is 777. The monoisotopic (exact) mass is 348 g/mol. The molecule has 0 aliphatic heterocycles. The fraction of sp³-hybridized carbons (Fsp3) is 0. The average Bonchev–Trinajstić information content (AvgIpc) is 2.85. The smallest absolute Gasteiger partial charge is 0.255 e. The Morgan fingerprint density at radius 1 is 1.15 bits per heavy atom. The van der Waals surface area contributed by atoms with Crippen molar-refractivity contribution in [3.63, 3.8) is 0 Å². The first kappa shape index (κ1) is 13.2. The molecule has 3 rings (SSSR count). The van der Waals surface area contributed by atoms with Gasteiger partial charge in [0.1, 0.15) is 0 Å². The quantitative estimate of drug-likeness (QED) is 0.683. The van der Waals surface area contributed by atoms with Gasteiger partial charge in [-0.1, -0.05) is 27.5 Å². The van der Waals surface area contributed by atoms with E-state index in [0.29, 0.717) is 10.6 Å². The van der Waals surface area contributed by atoms with E-state index < -0.39 is 0 Å². The lowest BCUT2D eigenvalue weighted by atomic mass is 10.2. The van der Waals surface area contributed by atoms with E-state index in [1.165, 1.54) is 0 Å². The summed E-state index contributed by atoms with van der Waals surface area (Å²) >= 11 is 9.27. The van der Waals surface area contributed by atoms with E-state index in [0.717, 1.165) is 21.1 Å². The number of H-pyrrole nitrogens is 1. The Balaban J connectivity index is 1.87. The third kappa shape index (κ3) is 2.71. The van der Waals surface area contributed by atoms with E-state index >= 15 is 0 Å². The number of fused-ring (bicyclic) bond motifs is 1. The Morgan fingerprint density at radius 2 is 2.00 bits per heavy atom. The van der Waals surface area contributed by atoms with Gasteiger partial charge < -0.3 is 10.3 Å². The number of hydrogen-bond acceptors (Lipinski definition) is 1. The van der Waals surface area contributed by atoms with E-state index in [1.807, 2.05) is 30.5 Å². The Morgan fingerprint density at radius 3 is 2.80 bits per heavy atom. The summed E-state index contributed by atoms with van der Waals surface area (Å²) < 4.78 is 0.774. The minimum absolute atomic E-state index is 0.192. The van der Waals surface area contributed by atoms with Crippen molar-refractivity contribution < 1.29 is 4.79 Å². The molecule has 0 spiro atoms. The molecule has 3 aromatic rings. The normalized spacial score (nSPS) is 10.7. The maximum Gasteiger partial charge on any atom is 0.255 e. The van der Waals surface area contributed by atoms with Gasteiger partial charge in [-0.25, -0.2) is 0 Å². The summed E-state index contributed by atoms with van der Waals surface area (Å²) in [6.07, 6.45) is 1.87. The van der Waals surface area contributed by atoms with Gasteiger partial charge in [0.15, 0.2) is 0 Å². The van der Waals surface area contributed by atoms with Gasteiger partial charge in [0.25, 0.3) is 5.91 Å². The van der Waals surface area contributed by atoms with Crippen LogP contribution in [0.15, 0.2) is 53.1 Å². The van der Waals surface area contributed by atoms with Crippen LogP contribution in [0.3, 0.4) is 0 Å². The molecule has 0 saturated carbocycles. The first-order chi connectivity index (χ1) is 9.61. The molecule has 3 nitrogen and oxygen atoms in total. The predicted molar refractivity (Wildman–Crippen MR) is 85.4 cm³/mol. The first-order valence-electron chi connectivity index (χ1n) is 5.96. The average molecular weight is 350 g/mol. The fourth-order valence-corrected chi connectivity index (χ4v) is 2.88. The van der Waals surface area contributed by atoms with Crippen LogP contribution in [-0.4, -0.2) is 10.9 Å². The molecule has 20 heavy (non-hydrogen) atoms. The van der Waals surface area contributed by atoms with Crippen LogP contribution in [0.25, 0.3) is 10.9 Å². The Labute approximate surface area is 129 Å². The topological polar surface area (TPSA) is 44.9 Å². The number of halogens is 2. The zero-order chi connectivity index (χ0) is 14.1. The Hall–Kier alpha value is -1.78. The minimum atomic E-state index is -0.192. The van der Waals surface area contributed by atoms with Gasteiger partial charge in [-0.05, 0) is 42.5 Å². The summed E-state index contributed by atoms with van der Waals surface area (Å²) in [5.74, 6) is -0.192. The van der Waals surface area contributed by atoms with Crippen molar-refractivity contribution in [2.45, 2.75) is 0 Å². The van der Waals surface area contributed by atoms with E-state index in [9.17, 15) is 4.79 Å². The third-order valence-corrected chi connectivity index (χ3v) is 3.61. The van der Waals surface area contributed by atoms with Crippen LogP contribution < -0.4 is 5.32 Å². The molecule has 2 N–H and O–H groups in total. The number of amides is 1. The van der Waals surface area contributed by atoms with Gasteiger partial charge in [0.05, 0.1) is 0 Å². The highest BCUT2D eigenvalue weighted by Crippen LogP contribution is 2.22. The molecule has 0 bridgehead atoms. The summed E-state index contributed by atoms with van der Waals surface area (Å²) in [6.45, 7) is 0. The van der Waals surface area contributed by atoms with Crippen molar-refractivity contribution in [1.82, 2.24) is 4.98 Å². The predicted octanol–water partition coefficient (Wildman–Crippen LogP) is 4.84. The summed E-state index contributed by atoms with van der Waals surface area (Å²) in [4.78, 5) is 15.3. The second-order valence-corrected chi connectivity index (χ2v) is 5.74. The molecule has 0 aliphatic carbocycles. The zero-order valence-corrected chi connectivity index (χ0v) is 12.6. The van der Waals surface area contributed by atoms with Gasteiger partial charge in [-0.3, -0.25) is 4.79 Å². The van der Waals surface area contributed by atoms with E-state index in [2.05, 4.69) is 26.2 Å². The van der Waals surface area contributed by atoms with Crippen LogP contribution in [0.2, 0.25) is 5.02 Å². The number of aromatic nitrogens is 1. The van der Waals surface area contributed by atoms with Crippen LogP contribution in [0.4, 0.5) is 5.69 Å². The summed E-state index contributed by atoms with van der Waals surface area (Å²) in [5, 5.41) is 4.43. The van der Waals surface area contributed by atoms with E-state index in [1.54, 1.807) is 18.2 Å². The maximum atomic E-state index is 12.2. The lowest BCUT2D eigenvalue weighted by molar-refractivity contribution is 0.102. The first-order valence-corrected chi connectivity index (χ1v) is 7.13. The van der Waals surface area contributed by atoms with Crippen LogP contribution in [-0.2, 0) is 0 Å². The van der Waals surface area contributed by atoms with Gasteiger partial charge in [0.2, 0.25) is 0 Å². The maximum absolute atomic E-state index is 12.2. The van der Waals surface area contributed by atoms with Crippen molar-refractivity contribution in [2.24, 2.45) is 0 Å². The number of benzene rings is 2. The highest BCUT2D eigenvalue weighted by atomic mass is 79.9. The van der Waals surface area contributed by atoms with Gasteiger partial charge in [-0.2, -0.15) is 0 Å². The third-order valence-electron chi connectivity index (χ3n) is 2.94. The molecule has 1 heterocycles. The van der Waals surface area contributed by atoms with E-state index in [-0.39, 0.29) is 5.91 Å². The lowest BCUT2D eigenvalue weighted by Crippen LogP contribution is -2.11. The number of carbonyl (C=O) groups excluding carboxylic acids is 1. The summed E-state index contributed by atoms with van der Waals surface area (Å²) in [5.41, 5.74) is 2.30. The lowest BCUT2D eigenvalue weighted by Gasteiger charge is -2.06. The molecular weight excluding hydrogens is 340 g/mol. The van der Waals surface area contributed by atoms with Crippen molar-refractivity contribution in [2.75, 3.05) is 5.32 Å². The molecule has 1 amide bonds. The van der Waals surface area contributed by atoms with Crippen LogP contribution in [0, 0.1) is 0 Å². The van der Waals surface area contributed by atoms with E-state index in [4.69, 9.17) is 11.6 Å². The molecule has 2 aromatic carbocycles. The molecule has 5 heteroatoms. The highest BCUT2D eigenvalue weighted by Gasteiger charge is 2.08. The molecule has 100 valence electrons. The van der Waals surface area contributed by atoms with Crippen LogP contribution >= 0.6 is 27.5 Å². The molecule has 0 atom stereocenters. The standard InChI is InChI=1S/C15H10BrClN2O/c16-11-5-10(6-12(17)8-11)15(20)19-13-1-2-14-9(7-13)3-4-18-14/h1-8,18H,(H,19,20). The second kappa shape index (κ2) is 5.31. The summed E-state index contributed by atoms with van der Waals surface area (Å²) in [6, 6.07) is 12.8. The van der Waals surface area contributed by atoms with Gasteiger partial charge in [0, 0.05) is 37.8 Å². The molecule has 0 unspecified atom stereocenters. The van der Waals surface area contributed by atoms with Gasteiger partial charge >= 0.3 is 0 Å². The number of hydrogen-bond donors (Lipinski definition) is 2. The molecule has 0 radical (unpaired) electrons. The number of rotatable bonds is 2. The van der Waals surface area contributed by atoms with Crippen LogP contribution in [0.5, 0.6) is 0 Å². The van der Waals surface area contributed by atoms with Crippen molar-refractivity contribution >= 4 is 50.0 Å². The number of carbonyl (C=O) groups is 1. The van der Waals surface area contributed by atoms with Crippen molar-refractivity contribution in [3.8, 4) is 0 Å². The molecule has 0 saturated heterocycles. The summed E-state index contributed by atoms with van der Waals surface area (Å²) in [7, 11) is 0.